The average Bonchev–Trinajstić information content (AvgIpc) is 2.50. The van der Waals surface area contributed by atoms with Crippen molar-refractivity contribution in [3.63, 3.8) is 0 Å². The predicted molar refractivity (Wildman–Crippen MR) is 103 cm³/mol. The second kappa shape index (κ2) is 6.07. The molecule has 0 amide bonds. The zero-order valence-electron chi connectivity index (χ0n) is 15.6. The summed E-state index contributed by atoms with van der Waals surface area (Å²) in [6, 6.07) is 0. The zero-order chi connectivity index (χ0) is 19.6. The molecule has 4 nitrogen and oxygen atoms in total. The quantitative estimate of drug-likeness (QED) is 0.638. The fourth-order valence-corrected chi connectivity index (χ4v) is 5.30. The van der Waals surface area contributed by atoms with E-state index in [4.69, 9.17) is 27.9 Å². The first-order chi connectivity index (χ1) is 11.9. The lowest BCUT2D eigenvalue weighted by Crippen LogP contribution is -2.46. The molecule has 6 heteroatoms. The van der Waals surface area contributed by atoms with Crippen LogP contribution in [0.4, 0.5) is 0 Å². The fraction of sp³-hybridized carbons (Fsp3) is 0.550. The molecule has 1 aromatic rings. The third-order valence-electron chi connectivity index (χ3n) is 5.54. The summed E-state index contributed by atoms with van der Waals surface area (Å²) in [6.07, 6.45) is 2.63. The van der Waals surface area contributed by atoms with E-state index in [1.54, 1.807) is 6.08 Å². The minimum absolute atomic E-state index is 0.0246. The number of aliphatic carboxylic acids is 1. The van der Waals surface area contributed by atoms with Crippen LogP contribution < -0.4 is 4.74 Å². The molecule has 0 aromatic heterocycles. The molecule has 142 valence electrons. The maximum atomic E-state index is 11.5. The number of allylic oxidation sites excluding steroid dienone is 1. The van der Waals surface area contributed by atoms with Crippen LogP contribution in [0.2, 0.25) is 10.0 Å². The van der Waals surface area contributed by atoms with Crippen LogP contribution in [0, 0.1) is 5.92 Å². The van der Waals surface area contributed by atoms with E-state index >= 15 is 0 Å². The first kappa shape index (κ1) is 19.4. The number of carboxylic acid groups (broad SMARTS) is 1. The number of benzene rings is 1. The minimum atomic E-state index is -0.933. The standard InChI is InChI=1S/C20H24Cl2O4/c1-19(2,3)13-14(21)16(23)12-10-8-9(18(24)25)6-7-11(10)20(4,5)26-17(12)15(13)22/h6,10-11,23H,7-8H2,1-5H3,(H,24,25)/t10-,11-/m1/s1. The van der Waals surface area contributed by atoms with Crippen LogP contribution >= 0.6 is 23.2 Å². The number of rotatable bonds is 1. The van der Waals surface area contributed by atoms with Crippen LogP contribution in [0.1, 0.15) is 64.5 Å². The number of phenols is 1. The number of hydrogen-bond acceptors (Lipinski definition) is 3. The van der Waals surface area contributed by atoms with Crippen molar-refractivity contribution in [3.8, 4) is 11.5 Å². The highest BCUT2D eigenvalue weighted by Gasteiger charge is 2.48. The second-order valence-electron chi connectivity index (χ2n) is 8.74. The van der Waals surface area contributed by atoms with Gasteiger partial charge < -0.3 is 14.9 Å². The summed E-state index contributed by atoms with van der Waals surface area (Å²) < 4.78 is 6.26. The molecule has 2 aliphatic rings. The molecule has 1 aliphatic heterocycles. The van der Waals surface area contributed by atoms with Crippen molar-refractivity contribution in [1.82, 2.24) is 0 Å². The fourth-order valence-electron chi connectivity index (χ4n) is 4.26. The highest BCUT2D eigenvalue weighted by Crippen LogP contribution is 2.59. The molecule has 0 spiro atoms. The second-order valence-corrected chi connectivity index (χ2v) is 9.49. The van der Waals surface area contributed by atoms with Gasteiger partial charge >= 0.3 is 5.97 Å². The molecule has 2 atom stereocenters. The van der Waals surface area contributed by atoms with Crippen molar-refractivity contribution < 1.29 is 19.7 Å². The van der Waals surface area contributed by atoms with Crippen molar-refractivity contribution in [3.05, 3.63) is 32.8 Å². The van der Waals surface area contributed by atoms with Gasteiger partial charge in [0.05, 0.1) is 10.0 Å². The Balaban J connectivity index is 2.28. The molecule has 2 N–H and O–H groups in total. The summed E-state index contributed by atoms with van der Waals surface area (Å²) >= 11 is 13.2. The molecule has 1 heterocycles. The number of hydrogen-bond donors (Lipinski definition) is 2. The number of halogens is 2. The largest absolute Gasteiger partial charge is 0.506 e. The van der Waals surface area contributed by atoms with Gasteiger partial charge in [-0.15, -0.1) is 0 Å². The monoisotopic (exact) mass is 398 g/mol. The molecule has 1 aromatic carbocycles. The Labute approximate surface area is 163 Å². The molecule has 26 heavy (non-hydrogen) atoms. The zero-order valence-corrected chi connectivity index (χ0v) is 17.1. The van der Waals surface area contributed by atoms with Crippen LogP contribution in [0.3, 0.4) is 0 Å². The van der Waals surface area contributed by atoms with Crippen molar-refractivity contribution in [2.45, 2.75) is 64.4 Å². The summed E-state index contributed by atoms with van der Waals surface area (Å²) in [5, 5.41) is 20.9. The van der Waals surface area contributed by atoms with Gasteiger partial charge in [-0.05, 0) is 32.1 Å². The van der Waals surface area contributed by atoms with Gasteiger partial charge in [0.15, 0.2) is 0 Å². The minimum Gasteiger partial charge on any atom is -0.506 e. The summed E-state index contributed by atoms with van der Waals surface area (Å²) in [4.78, 5) is 11.5. The van der Waals surface area contributed by atoms with E-state index in [1.165, 1.54) is 0 Å². The van der Waals surface area contributed by atoms with Crippen LogP contribution in [-0.2, 0) is 10.2 Å². The van der Waals surface area contributed by atoms with Gasteiger partial charge in [0, 0.05) is 28.5 Å². The smallest absolute Gasteiger partial charge is 0.331 e. The van der Waals surface area contributed by atoms with Crippen molar-refractivity contribution in [1.29, 1.82) is 0 Å². The number of carboxylic acids is 1. The molecule has 0 fully saturated rings. The molecular weight excluding hydrogens is 375 g/mol. The number of carbonyl (C=O) groups is 1. The van der Waals surface area contributed by atoms with E-state index < -0.39 is 11.6 Å². The van der Waals surface area contributed by atoms with Gasteiger partial charge in [0.1, 0.15) is 17.1 Å². The van der Waals surface area contributed by atoms with E-state index in [-0.39, 0.29) is 28.0 Å². The van der Waals surface area contributed by atoms with Gasteiger partial charge in [-0.1, -0.05) is 50.0 Å². The Hall–Kier alpha value is -1.39. The van der Waals surface area contributed by atoms with Gasteiger partial charge in [-0.25, -0.2) is 4.79 Å². The van der Waals surface area contributed by atoms with E-state index in [9.17, 15) is 15.0 Å². The lowest BCUT2D eigenvalue weighted by atomic mass is 9.66. The Bertz CT molecular complexity index is 818. The number of fused-ring (bicyclic) bond motifs is 3. The number of ether oxygens (including phenoxy) is 1. The van der Waals surface area contributed by atoms with Gasteiger partial charge in [0.2, 0.25) is 0 Å². The topological polar surface area (TPSA) is 66.8 Å². The SMILES string of the molecule is CC(C)(C)c1c(Cl)c(O)c2c(c1Cl)OC(C)(C)[C@@H]1CC=C(C(=O)O)C[C@@H]21. The average molecular weight is 399 g/mol. The first-order valence-corrected chi connectivity index (χ1v) is 9.47. The van der Waals surface area contributed by atoms with Gasteiger partial charge in [0.25, 0.3) is 0 Å². The highest BCUT2D eigenvalue weighted by molar-refractivity contribution is 6.38. The van der Waals surface area contributed by atoms with Crippen LogP contribution in [-0.4, -0.2) is 21.8 Å². The number of aromatic hydroxyl groups is 1. The summed E-state index contributed by atoms with van der Waals surface area (Å²) in [5.74, 6) is -0.743. The Morgan fingerprint density at radius 3 is 2.42 bits per heavy atom. The normalized spacial score (nSPS) is 24.2. The number of phenolic OH excluding ortho intramolecular Hbond substituents is 1. The van der Waals surface area contributed by atoms with Crippen molar-refractivity contribution in [2.75, 3.05) is 0 Å². The van der Waals surface area contributed by atoms with E-state index in [0.29, 0.717) is 40.3 Å². The first-order valence-electron chi connectivity index (χ1n) is 8.72. The maximum absolute atomic E-state index is 11.5. The third kappa shape index (κ3) is 2.87. The van der Waals surface area contributed by atoms with E-state index in [2.05, 4.69) is 0 Å². The molecule has 3 rings (SSSR count). The van der Waals surface area contributed by atoms with Gasteiger partial charge in [-0.3, -0.25) is 0 Å². The van der Waals surface area contributed by atoms with E-state index in [0.717, 1.165) is 0 Å². The molecule has 0 saturated carbocycles. The summed E-state index contributed by atoms with van der Waals surface area (Å²) in [5.41, 5.74) is 0.586. The molecule has 1 aliphatic carbocycles. The van der Waals surface area contributed by atoms with Gasteiger partial charge in [-0.2, -0.15) is 0 Å². The molecule has 0 saturated heterocycles. The van der Waals surface area contributed by atoms with Crippen LogP contribution in [0.15, 0.2) is 11.6 Å². The van der Waals surface area contributed by atoms with Crippen LogP contribution in [0.25, 0.3) is 0 Å². The highest BCUT2D eigenvalue weighted by atomic mass is 35.5. The Morgan fingerprint density at radius 1 is 1.27 bits per heavy atom. The summed E-state index contributed by atoms with van der Waals surface area (Å²) in [6.45, 7) is 9.86. The van der Waals surface area contributed by atoms with Crippen LogP contribution in [0.5, 0.6) is 11.5 Å². The maximum Gasteiger partial charge on any atom is 0.331 e. The van der Waals surface area contributed by atoms with E-state index in [1.807, 2.05) is 34.6 Å². The Morgan fingerprint density at radius 2 is 1.88 bits per heavy atom. The lowest BCUT2D eigenvalue weighted by molar-refractivity contribution is -0.133. The predicted octanol–water partition coefficient (Wildman–Crippen LogP) is 5.67. The molecular formula is C20H24Cl2O4. The Kier molecular flexibility index (Phi) is 4.52. The summed E-state index contributed by atoms with van der Waals surface area (Å²) in [7, 11) is 0. The third-order valence-corrected chi connectivity index (χ3v) is 6.27. The lowest BCUT2D eigenvalue weighted by Gasteiger charge is -2.47. The van der Waals surface area contributed by atoms with Crippen molar-refractivity contribution in [2.24, 2.45) is 5.92 Å². The molecule has 0 unspecified atom stereocenters. The molecule has 0 bridgehead atoms. The van der Waals surface area contributed by atoms with Crippen molar-refractivity contribution >= 4 is 29.2 Å². The molecule has 0 radical (unpaired) electrons.